The van der Waals surface area contributed by atoms with Gasteiger partial charge in [-0.1, -0.05) is 31.4 Å². The van der Waals surface area contributed by atoms with Gasteiger partial charge in [0.1, 0.15) is 0 Å². The minimum atomic E-state index is -0.0243. The highest BCUT2D eigenvalue weighted by molar-refractivity contribution is 5.97. The third-order valence-electron chi connectivity index (χ3n) is 4.14. The molecule has 1 aliphatic carbocycles. The first kappa shape index (κ1) is 15.7. The number of rotatable bonds is 5. The highest BCUT2D eigenvalue weighted by Crippen LogP contribution is 2.21. The second-order valence-corrected chi connectivity index (χ2v) is 5.89. The van der Waals surface area contributed by atoms with Crippen LogP contribution >= 0.6 is 0 Å². The molecule has 21 heavy (non-hydrogen) atoms. The van der Waals surface area contributed by atoms with Gasteiger partial charge in [0.15, 0.2) is 5.78 Å². The van der Waals surface area contributed by atoms with E-state index in [9.17, 15) is 9.59 Å². The van der Waals surface area contributed by atoms with Gasteiger partial charge in [0.25, 0.3) is 0 Å². The van der Waals surface area contributed by atoms with Crippen molar-refractivity contribution in [2.75, 3.05) is 18.9 Å². The normalized spacial score (nSPS) is 16.0. The smallest absolute Gasteiger partial charge is 0.238 e. The summed E-state index contributed by atoms with van der Waals surface area (Å²) in [6.45, 7) is 1.92. The van der Waals surface area contributed by atoms with Crippen LogP contribution in [0.5, 0.6) is 0 Å². The lowest BCUT2D eigenvalue weighted by atomic mass is 9.94. The summed E-state index contributed by atoms with van der Waals surface area (Å²) in [4.78, 5) is 25.6. The van der Waals surface area contributed by atoms with E-state index in [1.807, 2.05) is 13.1 Å². The van der Waals surface area contributed by atoms with Gasteiger partial charge in [-0.2, -0.15) is 0 Å². The number of hydrogen-bond acceptors (Lipinski definition) is 3. The molecule has 1 fully saturated rings. The van der Waals surface area contributed by atoms with Crippen LogP contribution in [0.15, 0.2) is 24.3 Å². The second kappa shape index (κ2) is 7.36. The summed E-state index contributed by atoms with van der Waals surface area (Å²) in [6, 6.07) is 7.60. The summed E-state index contributed by atoms with van der Waals surface area (Å²) in [5.74, 6) is -0.0193. The van der Waals surface area contributed by atoms with E-state index in [4.69, 9.17) is 0 Å². The molecule has 0 bridgehead atoms. The van der Waals surface area contributed by atoms with Crippen LogP contribution in [0.1, 0.15) is 49.4 Å². The topological polar surface area (TPSA) is 49.4 Å². The monoisotopic (exact) mass is 288 g/mol. The van der Waals surface area contributed by atoms with Crippen molar-refractivity contribution in [1.29, 1.82) is 0 Å². The van der Waals surface area contributed by atoms with Crippen LogP contribution in [0.4, 0.5) is 5.69 Å². The van der Waals surface area contributed by atoms with Gasteiger partial charge >= 0.3 is 0 Å². The molecule has 1 amide bonds. The maximum atomic E-state index is 12.1. The Morgan fingerprint density at radius 2 is 1.95 bits per heavy atom. The molecule has 0 atom stereocenters. The molecule has 2 rings (SSSR count). The van der Waals surface area contributed by atoms with Crippen LogP contribution in [0.25, 0.3) is 0 Å². The Morgan fingerprint density at radius 1 is 1.24 bits per heavy atom. The van der Waals surface area contributed by atoms with Crippen LogP contribution in [0.3, 0.4) is 0 Å². The van der Waals surface area contributed by atoms with E-state index in [1.165, 1.54) is 39.0 Å². The molecule has 0 saturated heterocycles. The zero-order valence-electron chi connectivity index (χ0n) is 12.9. The van der Waals surface area contributed by atoms with Gasteiger partial charge in [-0.15, -0.1) is 0 Å². The largest absolute Gasteiger partial charge is 0.325 e. The molecule has 0 spiro atoms. The first-order chi connectivity index (χ1) is 10.1. The summed E-state index contributed by atoms with van der Waals surface area (Å²) < 4.78 is 0. The lowest BCUT2D eigenvalue weighted by Gasteiger charge is -2.30. The Morgan fingerprint density at radius 3 is 2.62 bits per heavy atom. The van der Waals surface area contributed by atoms with Crippen molar-refractivity contribution in [3.63, 3.8) is 0 Å². The second-order valence-electron chi connectivity index (χ2n) is 5.89. The predicted octanol–water partition coefficient (Wildman–Crippen LogP) is 3.09. The Kier molecular flexibility index (Phi) is 5.51. The number of likely N-dealkylation sites (N-methyl/N-ethyl adjacent to an activating group) is 1. The van der Waals surface area contributed by atoms with E-state index in [1.54, 1.807) is 18.2 Å². The van der Waals surface area contributed by atoms with Crippen molar-refractivity contribution in [2.24, 2.45) is 0 Å². The van der Waals surface area contributed by atoms with Crippen LogP contribution in [0, 0.1) is 0 Å². The SMILES string of the molecule is CC(=O)c1cccc(NC(=O)CN(C)C2CCCCC2)c1. The van der Waals surface area contributed by atoms with E-state index >= 15 is 0 Å². The Labute approximate surface area is 126 Å². The van der Waals surface area contributed by atoms with E-state index in [0.29, 0.717) is 23.8 Å². The summed E-state index contributed by atoms with van der Waals surface area (Å²) in [7, 11) is 2.02. The Balaban J connectivity index is 1.89. The van der Waals surface area contributed by atoms with Crippen LogP contribution in [0.2, 0.25) is 0 Å². The highest BCUT2D eigenvalue weighted by atomic mass is 16.2. The predicted molar refractivity (Wildman–Crippen MR) is 84.6 cm³/mol. The number of anilines is 1. The van der Waals surface area contributed by atoms with E-state index < -0.39 is 0 Å². The molecule has 0 radical (unpaired) electrons. The van der Waals surface area contributed by atoms with Gasteiger partial charge in [0, 0.05) is 17.3 Å². The Hall–Kier alpha value is -1.68. The molecule has 1 aromatic carbocycles. The van der Waals surface area contributed by atoms with Gasteiger partial charge in [0.05, 0.1) is 6.54 Å². The standard InChI is InChI=1S/C17H24N2O2/c1-13(20)14-7-6-8-15(11-14)18-17(21)12-19(2)16-9-4-3-5-10-16/h6-8,11,16H,3-5,9-10,12H2,1-2H3,(H,18,21). The summed E-state index contributed by atoms with van der Waals surface area (Å²) >= 11 is 0. The Bertz CT molecular complexity index is 507. The molecule has 0 unspecified atom stereocenters. The fraction of sp³-hybridized carbons (Fsp3) is 0.529. The number of hydrogen-bond donors (Lipinski definition) is 1. The third kappa shape index (κ3) is 4.67. The lowest BCUT2D eigenvalue weighted by molar-refractivity contribution is -0.117. The van der Waals surface area contributed by atoms with Gasteiger partial charge in [-0.25, -0.2) is 0 Å². The molecular weight excluding hydrogens is 264 g/mol. The van der Waals surface area contributed by atoms with Crippen molar-refractivity contribution < 1.29 is 9.59 Å². The zero-order valence-corrected chi connectivity index (χ0v) is 12.9. The number of Topliss-reactive ketones (excluding diaryl/α,β-unsaturated/α-hetero) is 1. The lowest BCUT2D eigenvalue weighted by Crippen LogP contribution is -2.39. The van der Waals surface area contributed by atoms with Crippen molar-refractivity contribution in [1.82, 2.24) is 4.90 Å². The van der Waals surface area contributed by atoms with Crippen molar-refractivity contribution in [3.05, 3.63) is 29.8 Å². The number of carbonyl (C=O) groups excluding carboxylic acids is 2. The molecule has 0 aliphatic heterocycles. The molecule has 4 nitrogen and oxygen atoms in total. The molecule has 1 aromatic rings. The number of benzene rings is 1. The van der Waals surface area contributed by atoms with Crippen LogP contribution < -0.4 is 5.32 Å². The van der Waals surface area contributed by atoms with Gasteiger partial charge in [-0.05, 0) is 38.9 Å². The first-order valence-electron chi connectivity index (χ1n) is 7.67. The quantitative estimate of drug-likeness (QED) is 0.847. The van der Waals surface area contributed by atoms with Gasteiger partial charge in [-0.3, -0.25) is 14.5 Å². The molecule has 0 heterocycles. The fourth-order valence-electron chi connectivity index (χ4n) is 2.89. The molecule has 1 N–H and O–H groups in total. The number of ketones is 1. The highest BCUT2D eigenvalue weighted by Gasteiger charge is 2.19. The minimum Gasteiger partial charge on any atom is -0.325 e. The molecule has 1 aliphatic rings. The maximum absolute atomic E-state index is 12.1. The zero-order chi connectivity index (χ0) is 15.2. The van der Waals surface area contributed by atoms with Gasteiger partial charge < -0.3 is 5.32 Å². The van der Waals surface area contributed by atoms with E-state index in [0.717, 1.165) is 0 Å². The van der Waals surface area contributed by atoms with E-state index in [2.05, 4.69) is 10.2 Å². The molecule has 4 heteroatoms. The van der Waals surface area contributed by atoms with Crippen molar-refractivity contribution >= 4 is 17.4 Å². The van der Waals surface area contributed by atoms with Crippen LogP contribution in [-0.2, 0) is 4.79 Å². The van der Waals surface area contributed by atoms with E-state index in [-0.39, 0.29) is 11.7 Å². The number of carbonyl (C=O) groups is 2. The molecule has 114 valence electrons. The minimum absolute atomic E-state index is 0.00502. The van der Waals surface area contributed by atoms with Gasteiger partial charge in [0.2, 0.25) is 5.91 Å². The first-order valence-corrected chi connectivity index (χ1v) is 7.67. The number of nitrogens with one attached hydrogen (secondary N) is 1. The fourth-order valence-corrected chi connectivity index (χ4v) is 2.89. The summed E-state index contributed by atoms with van der Waals surface area (Å²) in [5.41, 5.74) is 1.30. The van der Waals surface area contributed by atoms with Crippen molar-refractivity contribution in [3.8, 4) is 0 Å². The van der Waals surface area contributed by atoms with Crippen molar-refractivity contribution in [2.45, 2.75) is 45.1 Å². The number of amides is 1. The average molecular weight is 288 g/mol. The summed E-state index contributed by atoms with van der Waals surface area (Å²) in [5, 5.41) is 2.87. The number of nitrogens with zero attached hydrogens (tertiary/aromatic N) is 1. The molecule has 0 aromatic heterocycles. The molecular formula is C17H24N2O2. The average Bonchev–Trinajstić information content (AvgIpc) is 2.48. The maximum Gasteiger partial charge on any atom is 0.238 e. The summed E-state index contributed by atoms with van der Waals surface area (Å²) in [6.07, 6.45) is 6.20. The van der Waals surface area contributed by atoms with Crippen LogP contribution in [-0.4, -0.2) is 36.2 Å². The third-order valence-corrected chi connectivity index (χ3v) is 4.14. The molecule has 1 saturated carbocycles.